The van der Waals surface area contributed by atoms with Crippen LogP contribution in [0.15, 0.2) is 88.8 Å². The van der Waals surface area contributed by atoms with Gasteiger partial charge >= 0.3 is 0 Å². The Hall–Kier alpha value is -4.51. The van der Waals surface area contributed by atoms with Crippen LogP contribution in [0.4, 0.5) is 21.5 Å². The van der Waals surface area contributed by atoms with E-state index in [1.807, 2.05) is 47.4 Å². The number of halogens is 1. The molecule has 1 N–H and O–H groups in total. The van der Waals surface area contributed by atoms with Gasteiger partial charge in [0, 0.05) is 43.9 Å². The number of rotatable bonds is 7. The van der Waals surface area contributed by atoms with Crippen molar-refractivity contribution in [3.8, 4) is 0 Å². The Morgan fingerprint density at radius 3 is 2.43 bits per heavy atom. The Morgan fingerprint density at radius 2 is 1.64 bits per heavy atom. The first-order chi connectivity index (χ1) is 20.5. The van der Waals surface area contributed by atoms with E-state index in [-0.39, 0.29) is 36.1 Å². The number of fused-ring (bicyclic) bond motifs is 3. The van der Waals surface area contributed by atoms with Gasteiger partial charge in [-0.3, -0.25) is 19.4 Å². The lowest BCUT2D eigenvalue weighted by atomic mass is 10.1. The summed E-state index contributed by atoms with van der Waals surface area (Å²) >= 11 is 1.08. The van der Waals surface area contributed by atoms with Crippen LogP contribution in [-0.2, 0) is 14.4 Å². The van der Waals surface area contributed by atoms with Crippen LogP contribution in [0.2, 0.25) is 0 Å². The molecule has 11 heteroatoms. The predicted octanol–water partition coefficient (Wildman–Crippen LogP) is 4.29. The first-order valence-corrected chi connectivity index (χ1v) is 14.8. The first kappa shape index (κ1) is 27.6. The molecule has 3 aliphatic rings. The van der Waals surface area contributed by atoms with E-state index in [1.165, 1.54) is 17.0 Å². The molecule has 0 radical (unpaired) electrons. The Morgan fingerprint density at radius 1 is 0.929 bits per heavy atom. The minimum absolute atomic E-state index is 0.00839. The molecule has 3 aliphatic heterocycles. The van der Waals surface area contributed by atoms with Gasteiger partial charge in [-0.15, -0.1) is 0 Å². The monoisotopic (exact) mass is 584 g/mol. The summed E-state index contributed by atoms with van der Waals surface area (Å²) in [6.45, 7) is 2.77. The summed E-state index contributed by atoms with van der Waals surface area (Å²) in [5.74, 6) is -0.830. The number of nitrogens with one attached hydrogen (secondary N) is 1. The van der Waals surface area contributed by atoms with E-state index in [2.05, 4.69) is 27.3 Å². The number of thioether (sulfide) groups is 1. The summed E-state index contributed by atoms with van der Waals surface area (Å²) in [4.78, 5) is 54.1. The second-order valence-electron chi connectivity index (χ2n) is 10.1. The van der Waals surface area contributed by atoms with E-state index in [0.29, 0.717) is 29.8 Å². The lowest BCUT2D eigenvalue weighted by Crippen LogP contribution is -2.49. The summed E-state index contributed by atoms with van der Waals surface area (Å²) < 4.78 is 14.0. The molecule has 0 saturated carbocycles. The number of amidine groups is 2. The first-order valence-electron chi connectivity index (χ1n) is 13.8. The molecular formula is C31H29FN6O3S. The van der Waals surface area contributed by atoms with Gasteiger partial charge in [0.05, 0.1) is 17.1 Å². The number of nitrogens with zero attached hydrogens (tertiary/aromatic N) is 5. The van der Waals surface area contributed by atoms with E-state index >= 15 is 0 Å². The summed E-state index contributed by atoms with van der Waals surface area (Å²) in [5.41, 5.74) is 2.60. The van der Waals surface area contributed by atoms with Crippen LogP contribution in [0.25, 0.3) is 0 Å². The fourth-order valence-electron chi connectivity index (χ4n) is 5.24. The minimum Gasteiger partial charge on any atom is -0.368 e. The van der Waals surface area contributed by atoms with Crippen molar-refractivity contribution in [1.82, 2.24) is 9.80 Å². The van der Waals surface area contributed by atoms with Crippen molar-refractivity contribution < 1.29 is 18.8 Å². The van der Waals surface area contributed by atoms with E-state index in [0.717, 1.165) is 36.1 Å². The molecule has 9 nitrogen and oxygen atoms in total. The summed E-state index contributed by atoms with van der Waals surface area (Å²) in [7, 11) is 0. The molecule has 6 rings (SSSR count). The van der Waals surface area contributed by atoms with Crippen LogP contribution in [0.5, 0.6) is 0 Å². The van der Waals surface area contributed by atoms with Crippen LogP contribution in [0.3, 0.4) is 0 Å². The normalized spacial score (nSPS) is 17.8. The zero-order valence-electron chi connectivity index (χ0n) is 22.8. The molecule has 0 aliphatic carbocycles. The standard InChI is InChI=1S/C31H29FN6O3S/c32-23-11-5-7-13-25(23)33-27(39)20-42-31-35-24-12-6-4-10-22(24)29-34-26(30(41)38(29)31)14-15-28(40)37-18-16-36(17-19-37)21-8-2-1-3-9-21/h1-13,26H,14-20H2,(H,33,39)/t26-/m0/s1. The van der Waals surface area contributed by atoms with E-state index < -0.39 is 17.8 Å². The molecule has 0 aromatic heterocycles. The molecule has 214 valence electrons. The molecular weight excluding hydrogens is 555 g/mol. The maximum absolute atomic E-state index is 14.0. The van der Waals surface area contributed by atoms with Crippen molar-refractivity contribution in [2.24, 2.45) is 9.98 Å². The van der Waals surface area contributed by atoms with Crippen LogP contribution < -0.4 is 10.2 Å². The molecule has 0 unspecified atom stereocenters. The van der Waals surface area contributed by atoms with E-state index in [9.17, 15) is 18.8 Å². The maximum Gasteiger partial charge on any atom is 0.259 e. The Labute approximate surface area is 247 Å². The average Bonchev–Trinajstić information content (AvgIpc) is 3.36. The molecule has 3 aromatic carbocycles. The van der Waals surface area contributed by atoms with E-state index in [1.54, 1.807) is 12.1 Å². The molecule has 0 spiro atoms. The summed E-state index contributed by atoms with van der Waals surface area (Å²) in [6, 6.07) is 22.7. The van der Waals surface area contributed by atoms with Crippen LogP contribution >= 0.6 is 11.8 Å². The van der Waals surface area contributed by atoms with Crippen molar-refractivity contribution >= 4 is 57.5 Å². The largest absolute Gasteiger partial charge is 0.368 e. The van der Waals surface area contributed by atoms with E-state index in [4.69, 9.17) is 4.99 Å². The van der Waals surface area contributed by atoms with Gasteiger partial charge in [-0.2, -0.15) is 0 Å². The number of carbonyl (C=O) groups is 3. The number of carbonyl (C=O) groups excluding carboxylic acids is 3. The zero-order chi connectivity index (χ0) is 29.1. The molecule has 3 aromatic rings. The van der Waals surface area contributed by atoms with Crippen molar-refractivity contribution in [2.45, 2.75) is 18.9 Å². The zero-order valence-corrected chi connectivity index (χ0v) is 23.6. The number of hydrogen-bond donors (Lipinski definition) is 1. The number of para-hydroxylation sites is 3. The van der Waals surface area contributed by atoms with Crippen molar-refractivity contribution in [3.05, 3.63) is 90.2 Å². The van der Waals surface area contributed by atoms with Crippen molar-refractivity contribution in [3.63, 3.8) is 0 Å². The second kappa shape index (κ2) is 12.2. The number of amides is 3. The van der Waals surface area contributed by atoms with Crippen LogP contribution in [0.1, 0.15) is 18.4 Å². The highest BCUT2D eigenvalue weighted by Gasteiger charge is 2.41. The third-order valence-electron chi connectivity index (χ3n) is 7.41. The number of aliphatic imine (C=N–C) groups is 2. The van der Waals surface area contributed by atoms with Gasteiger partial charge in [0.2, 0.25) is 11.8 Å². The topological polar surface area (TPSA) is 97.7 Å². The number of hydrogen-bond acceptors (Lipinski definition) is 7. The van der Waals surface area contributed by atoms with Gasteiger partial charge in [0.1, 0.15) is 17.7 Å². The van der Waals surface area contributed by atoms with Gasteiger partial charge in [-0.05, 0) is 42.8 Å². The van der Waals surface area contributed by atoms with Gasteiger partial charge in [-0.1, -0.05) is 54.2 Å². The molecule has 1 saturated heterocycles. The molecule has 3 heterocycles. The molecule has 0 bridgehead atoms. The lowest BCUT2D eigenvalue weighted by molar-refractivity contribution is -0.132. The maximum atomic E-state index is 14.0. The number of piperazine rings is 1. The fraction of sp³-hybridized carbons (Fsp3) is 0.258. The highest BCUT2D eigenvalue weighted by atomic mass is 32.2. The highest BCUT2D eigenvalue weighted by Crippen LogP contribution is 2.34. The van der Waals surface area contributed by atoms with Gasteiger partial charge in [-0.25, -0.2) is 14.3 Å². The third-order valence-corrected chi connectivity index (χ3v) is 8.35. The number of anilines is 2. The fourth-order valence-corrected chi connectivity index (χ4v) is 6.04. The van der Waals surface area contributed by atoms with Crippen LogP contribution in [0, 0.1) is 5.82 Å². The summed E-state index contributed by atoms with van der Waals surface area (Å²) in [6.07, 6.45) is 0.489. The minimum atomic E-state index is -0.723. The van der Waals surface area contributed by atoms with Crippen LogP contribution in [-0.4, -0.2) is 76.5 Å². The smallest absolute Gasteiger partial charge is 0.259 e. The quantitative estimate of drug-likeness (QED) is 0.447. The predicted molar refractivity (Wildman–Crippen MR) is 163 cm³/mol. The van der Waals surface area contributed by atoms with Crippen molar-refractivity contribution in [2.75, 3.05) is 42.1 Å². The molecule has 42 heavy (non-hydrogen) atoms. The third kappa shape index (κ3) is 5.78. The Kier molecular flexibility index (Phi) is 8.00. The van der Waals surface area contributed by atoms with Gasteiger partial charge < -0.3 is 15.1 Å². The van der Waals surface area contributed by atoms with Gasteiger partial charge in [0.15, 0.2) is 5.17 Å². The van der Waals surface area contributed by atoms with Gasteiger partial charge in [0.25, 0.3) is 5.91 Å². The Balaban J connectivity index is 1.09. The van der Waals surface area contributed by atoms with Crippen molar-refractivity contribution in [1.29, 1.82) is 0 Å². The molecule has 3 amide bonds. The average molecular weight is 585 g/mol. The molecule has 1 fully saturated rings. The highest BCUT2D eigenvalue weighted by molar-refractivity contribution is 8.14. The Bertz CT molecular complexity index is 1570. The summed E-state index contributed by atoms with van der Waals surface area (Å²) in [5, 5.41) is 2.88. The SMILES string of the molecule is O=C(CSC1=Nc2ccccc2C2=N[C@@H](CCC(=O)N3CCN(c4ccccc4)CC3)C(=O)N12)Nc1ccccc1F. The second-order valence-corrected chi connectivity index (χ2v) is 11.1. The number of benzene rings is 3. The lowest BCUT2D eigenvalue weighted by Gasteiger charge is -2.36. The molecule has 1 atom stereocenters.